The lowest BCUT2D eigenvalue weighted by Gasteiger charge is -2.29. The number of amides is 1. The van der Waals surface area contributed by atoms with Crippen LogP contribution in [0.3, 0.4) is 0 Å². The van der Waals surface area contributed by atoms with E-state index in [0.717, 1.165) is 23.2 Å². The molecule has 0 radical (unpaired) electrons. The number of carbonyl (C=O) groups is 2. The third-order valence-corrected chi connectivity index (χ3v) is 7.61. The van der Waals surface area contributed by atoms with E-state index in [9.17, 15) is 22.8 Å². The van der Waals surface area contributed by atoms with E-state index < -0.39 is 28.6 Å². The number of carboxylic acids is 1. The minimum Gasteiger partial charge on any atom is -0.481 e. The van der Waals surface area contributed by atoms with Gasteiger partial charge in [0.25, 0.3) is 5.91 Å². The van der Waals surface area contributed by atoms with Gasteiger partial charge < -0.3 is 15.7 Å². The van der Waals surface area contributed by atoms with Gasteiger partial charge in [0, 0.05) is 35.6 Å². The number of rotatable bonds is 9. The van der Waals surface area contributed by atoms with E-state index in [0.29, 0.717) is 28.9 Å². The van der Waals surface area contributed by atoms with E-state index in [2.05, 4.69) is 40.8 Å². The van der Waals surface area contributed by atoms with Gasteiger partial charge in [-0.3, -0.25) is 14.6 Å². The summed E-state index contributed by atoms with van der Waals surface area (Å²) in [6.45, 7) is 2.25. The smallest absolute Gasteiger partial charge is 0.417 e. The van der Waals surface area contributed by atoms with Gasteiger partial charge >= 0.3 is 12.1 Å². The number of carboxylic acid groups (broad SMARTS) is 1. The largest absolute Gasteiger partial charge is 0.481 e. The normalized spacial score (nSPS) is 20.3. The van der Waals surface area contributed by atoms with E-state index in [-0.39, 0.29) is 30.8 Å². The van der Waals surface area contributed by atoms with Crippen molar-refractivity contribution in [3.8, 4) is 11.1 Å². The highest BCUT2D eigenvalue weighted by Gasteiger charge is 2.34. The van der Waals surface area contributed by atoms with Gasteiger partial charge in [-0.15, -0.1) is 0 Å². The van der Waals surface area contributed by atoms with Gasteiger partial charge in [0.15, 0.2) is 0 Å². The first-order valence-corrected chi connectivity index (χ1v) is 13.7. The number of carbonyl (C=O) groups excluding carboxylic acids is 1. The van der Waals surface area contributed by atoms with Crippen LogP contribution in [0.1, 0.15) is 41.4 Å². The van der Waals surface area contributed by atoms with Crippen LogP contribution in [-0.4, -0.2) is 28.5 Å². The molecule has 2 aliphatic rings. The van der Waals surface area contributed by atoms with Crippen LogP contribution >= 0.6 is 23.2 Å². The van der Waals surface area contributed by atoms with Crippen LogP contribution in [0.4, 0.5) is 13.2 Å². The number of aromatic nitrogens is 1. The van der Waals surface area contributed by atoms with Gasteiger partial charge in [0.1, 0.15) is 5.69 Å². The molecular weight excluding hydrogens is 578 g/mol. The van der Waals surface area contributed by atoms with Gasteiger partial charge in [0.05, 0.1) is 17.0 Å². The zero-order valence-electron chi connectivity index (χ0n) is 22.0. The van der Waals surface area contributed by atoms with Gasteiger partial charge in [-0.05, 0) is 65.7 Å². The van der Waals surface area contributed by atoms with E-state index in [1.165, 1.54) is 24.4 Å². The summed E-state index contributed by atoms with van der Waals surface area (Å²) in [6, 6.07) is 5.15. The first-order valence-electron chi connectivity index (χ1n) is 13.0. The summed E-state index contributed by atoms with van der Waals surface area (Å²) in [6.07, 6.45) is 9.45. The molecule has 0 bridgehead atoms. The second-order valence-electron chi connectivity index (χ2n) is 9.94. The number of nitrogens with zero attached hydrogens (tertiary/aromatic N) is 1. The standard InChI is InChI=1S/C30H28Cl2F3N3O3/c1-17-12-21(31)5-8-23(17)18-2-6-22(7-3-18)37-16-20-13-26(32)25(30(33,34)35)14-24(20)19-4-9-27(38-15-19)29(41)36-11-10-28(39)40/h2,4-9,12-15,17-18,23,37H,3,10-11,16H2,1H3,(H,36,41)(H,39,40). The van der Waals surface area contributed by atoms with Crippen molar-refractivity contribution in [2.75, 3.05) is 6.54 Å². The summed E-state index contributed by atoms with van der Waals surface area (Å²) in [4.78, 5) is 27.0. The highest BCUT2D eigenvalue weighted by atomic mass is 35.5. The Morgan fingerprint density at radius 3 is 2.54 bits per heavy atom. The molecule has 1 amide bonds. The number of halogens is 5. The maximum atomic E-state index is 13.7. The molecule has 2 aromatic rings. The molecule has 6 nitrogen and oxygen atoms in total. The maximum Gasteiger partial charge on any atom is 0.417 e. The number of hydrogen-bond donors (Lipinski definition) is 3. The molecule has 4 rings (SSSR count). The summed E-state index contributed by atoms with van der Waals surface area (Å²) >= 11 is 12.2. The molecule has 11 heteroatoms. The van der Waals surface area contributed by atoms with Crippen molar-refractivity contribution in [3.05, 3.63) is 99.5 Å². The Bertz CT molecular complexity index is 1430. The van der Waals surface area contributed by atoms with Crippen molar-refractivity contribution in [1.82, 2.24) is 15.6 Å². The lowest BCUT2D eigenvalue weighted by molar-refractivity contribution is -0.138. The van der Waals surface area contributed by atoms with Crippen molar-refractivity contribution >= 4 is 35.1 Å². The van der Waals surface area contributed by atoms with Crippen molar-refractivity contribution < 1.29 is 27.9 Å². The average Bonchev–Trinajstić information content (AvgIpc) is 2.91. The first kappa shape index (κ1) is 30.4. The Hall–Kier alpha value is -3.56. The highest BCUT2D eigenvalue weighted by molar-refractivity contribution is 6.31. The molecule has 0 saturated carbocycles. The first-order chi connectivity index (χ1) is 19.4. The molecule has 3 N–H and O–H groups in total. The maximum absolute atomic E-state index is 13.7. The molecular formula is C30H28Cl2F3N3O3. The van der Waals surface area contributed by atoms with Crippen LogP contribution < -0.4 is 10.6 Å². The molecule has 3 unspecified atom stereocenters. The van der Waals surface area contributed by atoms with Crippen LogP contribution in [0.5, 0.6) is 0 Å². The van der Waals surface area contributed by atoms with E-state index >= 15 is 0 Å². The molecule has 41 heavy (non-hydrogen) atoms. The molecule has 1 heterocycles. The summed E-state index contributed by atoms with van der Waals surface area (Å²) in [5, 5.41) is 14.8. The van der Waals surface area contributed by atoms with Gasteiger partial charge in [-0.2, -0.15) is 13.2 Å². The summed E-state index contributed by atoms with van der Waals surface area (Å²) < 4.78 is 41.1. The lowest BCUT2D eigenvalue weighted by Crippen LogP contribution is -2.26. The fourth-order valence-electron chi connectivity index (χ4n) is 4.89. The number of pyridine rings is 1. The predicted molar refractivity (Wildman–Crippen MR) is 152 cm³/mol. The van der Waals surface area contributed by atoms with Crippen LogP contribution in [0.25, 0.3) is 11.1 Å². The number of aliphatic carboxylic acids is 1. The molecule has 216 valence electrons. The van der Waals surface area contributed by atoms with Crippen molar-refractivity contribution in [2.24, 2.45) is 17.8 Å². The topological polar surface area (TPSA) is 91.3 Å². The Labute approximate surface area is 245 Å². The second kappa shape index (κ2) is 13.0. The fraction of sp³-hybridized carbons (Fsp3) is 0.300. The molecule has 3 atom stereocenters. The number of allylic oxidation sites excluding steroid dienone is 7. The van der Waals surface area contributed by atoms with Gasteiger partial charge in [-0.1, -0.05) is 60.5 Å². The highest BCUT2D eigenvalue weighted by Crippen LogP contribution is 2.39. The minimum atomic E-state index is -4.66. The Balaban J connectivity index is 1.51. The van der Waals surface area contributed by atoms with Crippen LogP contribution in [-0.2, 0) is 17.5 Å². The van der Waals surface area contributed by atoms with Crippen LogP contribution in [0, 0.1) is 17.8 Å². The van der Waals surface area contributed by atoms with E-state index in [1.54, 1.807) is 0 Å². The lowest BCUT2D eigenvalue weighted by atomic mass is 9.77. The Kier molecular flexibility index (Phi) is 9.60. The third-order valence-electron chi connectivity index (χ3n) is 7.05. The fourth-order valence-corrected chi connectivity index (χ4v) is 5.45. The van der Waals surface area contributed by atoms with Gasteiger partial charge in [0.2, 0.25) is 0 Å². The van der Waals surface area contributed by atoms with E-state index in [1.807, 2.05) is 18.2 Å². The van der Waals surface area contributed by atoms with E-state index in [4.69, 9.17) is 28.3 Å². The minimum absolute atomic E-state index is 0.00997. The number of alkyl halides is 3. The Morgan fingerprint density at radius 2 is 1.93 bits per heavy atom. The third kappa shape index (κ3) is 7.80. The van der Waals surface area contributed by atoms with Crippen LogP contribution in [0.2, 0.25) is 5.02 Å². The Morgan fingerprint density at radius 1 is 1.15 bits per heavy atom. The summed E-state index contributed by atoms with van der Waals surface area (Å²) in [7, 11) is 0. The molecule has 0 fully saturated rings. The average molecular weight is 606 g/mol. The van der Waals surface area contributed by atoms with Crippen molar-refractivity contribution in [3.63, 3.8) is 0 Å². The monoisotopic (exact) mass is 605 g/mol. The molecule has 1 aromatic carbocycles. The van der Waals surface area contributed by atoms with Crippen molar-refractivity contribution in [2.45, 2.75) is 32.5 Å². The predicted octanol–water partition coefficient (Wildman–Crippen LogP) is 7.12. The summed E-state index contributed by atoms with van der Waals surface area (Å²) in [5.74, 6) is -0.719. The van der Waals surface area contributed by atoms with Gasteiger partial charge in [-0.25, -0.2) is 0 Å². The van der Waals surface area contributed by atoms with Crippen LogP contribution in [0.15, 0.2) is 77.6 Å². The second-order valence-corrected chi connectivity index (χ2v) is 10.8. The number of hydrogen-bond acceptors (Lipinski definition) is 4. The SMILES string of the molecule is CC1C=C(Cl)C=CC1C1C=CC(NCc2cc(Cl)c(C(F)(F)F)cc2-c2ccc(C(=O)NCCC(=O)O)nc2)=CC1. The molecule has 0 aliphatic heterocycles. The molecule has 0 saturated heterocycles. The quantitative estimate of drug-likeness (QED) is 0.283. The number of benzene rings is 1. The molecule has 2 aliphatic carbocycles. The zero-order valence-corrected chi connectivity index (χ0v) is 23.5. The molecule has 0 spiro atoms. The number of nitrogens with one attached hydrogen (secondary N) is 2. The van der Waals surface area contributed by atoms with Crippen molar-refractivity contribution in [1.29, 1.82) is 0 Å². The molecule has 1 aromatic heterocycles. The zero-order chi connectivity index (χ0) is 29.7. The summed E-state index contributed by atoms with van der Waals surface area (Å²) in [5.41, 5.74) is 1.03.